The van der Waals surface area contributed by atoms with Crippen molar-refractivity contribution >= 4 is 37.4 Å². The second-order valence-corrected chi connectivity index (χ2v) is 10.4. The second-order valence-electron chi connectivity index (χ2n) is 7.76. The Morgan fingerprint density at radius 3 is 2.47 bits per heavy atom. The van der Waals surface area contributed by atoms with E-state index in [4.69, 9.17) is 10.5 Å². The Hall–Kier alpha value is -3.61. The Balaban J connectivity index is 1.79. The van der Waals surface area contributed by atoms with Crippen LogP contribution in [0.3, 0.4) is 0 Å². The van der Waals surface area contributed by atoms with Gasteiger partial charge >= 0.3 is 0 Å². The summed E-state index contributed by atoms with van der Waals surface area (Å²) in [6.07, 6.45) is 0. The van der Waals surface area contributed by atoms with Crippen LogP contribution in [-0.2, 0) is 21.3 Å². The summed E-state index contributed by atoms with van der Waals surface area (Å²) in [6, 6.07) is 21.9. The predicted molar refractivity (Wildman–Crippen MR) is 130 cm³/mol. The van der Waals surface area contributed by atoms with E-state index < -0.39 is 21.8 Å². The molecule has 2 N–H and O–H groups in total. The zero-order chi connectivity index (χ0) is 24.0. The third kappa shape index (κ3) is 3.38. The maximum atomic E-state index is 14.5. The van der Waals surface area contributed by atoms with E-state index in [1.807, 2.05) is 6.07 Å². The molecule has 0 aliphatic carbocycles. The normalized spacial score (nSPS) is 18.6. The predicted octanol–water partition coefficient (Wildman–Crippen LogP) is 5.11. The van der Waals surface area contributed by atoms with Gasteiger partial charge < -0.3 is 10.5 Å². The summed E-state index contributed by atoms with van der Waals surface area (Å²) < 4.78 is 50.4. The number of nitriles is 1. The molecule has 2 aliphatic heterocycles. The smallest absolute Gasteiger partial charge is 0.265 e. The molecule has 0 unspecified atom stereocenters. The van der Waals surface area contributed by atoms with Crippen molar-refractivity contribution in [1.82, 2.24) is 0 Å². The molecule has 3 aromatic carbocycles. The Kier molecular flexibility index (Phi) is 5.42. The number of nitrogens with zero attached hydrogens (tertiary/aromatic N) is 2. The standard InChI is InChI=1S/C25H17BrFN3O3S/c26-19-10-4-2-8-16(19)22-18(13-28)25(29)33-23-17-9-3-6-12-21(17)30(34(31,32)24(22)23)14-15-7-1-5-11-20(15)27/h1-12,22H,14,29H2/t22-/m1/s1. The molecule has 0 saturated carbocycles. The van der Waals surface area contributed by atoms with Gasteiger partial charge in [0.2, 0.25) is 5.88 Å². The van der Waals surface area contributed by atoms with Crippen molar-refractivity contribution in [2.45, 2.75) is 12.5 Å². The molecule has 0 saturated heterocycles. The minimum Gasteiger partial charge on any atom is -0.439 e. The molecule has 0 bridgehead atoms. The summed E-state index contributed by atoms with van der Waals surface area (Å²) in [6.45, 7) is -0.230. The van der Waals surface area contributed by atoms with Crippen molar-refractivity contribution in [3.63, 3.8) is 0 Å². The van der Waals surface area contributed by atoms with Gasteiger partial charge in [-0.1, -0.05) is 64.5 Å². The molecule has 6 nitrogen and oxygen atoms in total. The zero-order valence-corrected chi connectivity index (χ0v) is 20.0. The molecular formula is C25H17BrFN3O3S. The first-order valence-electron chi connectivity index (χ1n) is 10.3. The van der Waals surface area contributed by atoms with Crippen LogP contribution in [0.2, 0.25) is 0 Å². The van der Waals surface area contributed by atoms with Crippen LogP contribution in [0.15, 0.2) is 93.6 Å². The van der Waals surface area contributed by atoms with Gasteiger partial charge in [0.15, 0.2) is 5.76 Å². The Morgan fingerprint density at radius 1 is 1.06 bits per heavy atom. The average molecular weight is 538 g/mol. The van der Waals surface area contributed by atoms with E-state index in [0.29, 0.717) is 21.3 Å². The third-order valence-electron chi connectivity index (χ3n) is 5.85. The number of rotatable bonds is 3. The minimum absolute atomic E-state index is 0.0144. The first kappa shape index (κ1) is 22.2. The van der Waals surface area contributed by atoms with Gasteiger partial charge in [-0.25, -0.2) is 12.8 Å². The van der Waals surface area contributed by atoms with Gasteiger partial charge in [-0.3, -0.25) is 4.31 Å². The molecule has 0 aromatic heterocycles. The highest BCUT2D eigenvalue weighted by Crippen LogP contribution is 2.52. The van der Waals surface area contributed by atoms with Crippen LogP contribution >= 0.6 is 15.9 Å². The summed E-state index contributed by atoms with van der Waals surface area (Å²) in [5.74, 6) is -1.61. The molecule has 3 aromatic rings. The van der Waals surface area contributed by atoms with Crippen molar-refractivity contribution in [1.29, 1.82) is 5.26 Å². The molecule has 0 fully saturated rings. The van der Waals surface area contributed by atoms with Gasteiger partial charge in [0.1, 0.15) is 22.4 Å². The van der Waals surface area contributed by atoms with Crippen molar-refractivity contribution in [3.8, 4) is 6.07 Å². The van der Waals surface area contributed by atoms with E-state index in [2.05, 4.69) is 15.9 Å². The monoisotopic (exact) mass is 537 g/mol. The number of allylic oxidation sites excluding steroid dienone is 2. The van der Waals surface area contributed by atoms with Gasteiger partial charge in [0, 0.05) is 15.6 Å². The second kappa shape index (κ2) is 8.31. The largest absolute Gasteiger partial charge is 0.439 e. The lowest BCUT2D eigenvalue weighted by Gasteiger charge is -2.38. The highest BCUT2D eigenvalue weighted by atomic mass is 79.9. The van der Waals surface area contributed by atoms with Gasteiger partial charge in [0.05, 0.1) is 18.2 Å². The zero-order valence-electron chi connectivity index (χ0n) is 17.6. The van der Waals surface area contributed by atoms with Crippen LogP contribution < -0.4 is 10.0 Å². The number of sulfonamides is 1. The van der Waals surface area contributed by atoms with Crippen LogP contribution in [0.4, 0.5) is 10.1 Å². The summed E-state index contributed by atoms with van der Waals surface area (Å²) in [4.78, 5) is -0.111. The molecular weight excluding hydrogens is 521 g/mol. The van der Waals surface area contributed by atoms with E-state index >= 15 is 0 Å². The number of nitrogens with two attached hydrogens (primary N) is 1. The molecule has 0 spiro atoms. The van der Waals surface area contributed by atoms with Crippen LogP contribution in [-0.4, -0.2) is 8.42 Å². The molecule has 1 atom stereocenters. The topological polar surface area (TPSA) is 96.4 Å². The van der Waals surface area contributed by atoms with E-state index in [-0.39, 0.29) is 34.2 Å². The summed E-state index contributed by atoms with van der Waals surface area (Å²) in [5.41, 5.74) is 7.70. The van der Waals surface area contributed by atoms with Gasteiger partial charge in [-0.15, -0.1) is 0 Å². The van der Waals surface area contributed by atoms with Crippen molar-refractivity contribution in [3.05, 3.63) is 116 Å². The fourth-order valence-electron chi connectivity index (χ4n) is 4.28. The average Bonchev–Trinajstić information content (AvgIpc) is 2.82. The number of hydrogen-bond donors (Lipinski definition) is 1. The SMILES string of the molecule is N#CC1=C(N)OC2=C([C@@H]1c1ccccc1Br)S(=O)(=O)N(Cc1ccccc1F)c1ccccc12. The maximum absolute atomic E-state index is 14.5. The number of hydrogen-bond acceptors (Lipinski definition) is 5. The number of ether oxygens (including phenoxy) is 1. The van der Waals surface area contributed by atoms with E-state index in [0.717, 1.165) is 4.31 Å². The highest BCUT2D eigenvalue weighted by Gasteiger charge is 2.47. The van der Waals surface area contributed by atoms with Crippen molar-refractivity contribution in [2.75, 3.05) is 4.31 Å². The lowest BCUT2D eigenvalue weighted by atomic mass is 9.88. The van der Waals surface area contributed by atoms with E-state index in [1.165, 1.54) is 6.07 Å². The van der Waals surface area contributed by atoms with Crippen LogP contribution in [0.1, 0.15) is 22.6 Å². The summed E-state index contributed by atoms with van der Waals surface area (Å²) in [5, 5.41) is 9.91. The molecule has 170 valence electrons. The Morgan fingerprint density at radius 2 is 1.74 bits per heavy atom. The number of halogens is 2. The first-order valence-corrected chi connectivity index (χ1v) is 12.5. The maximum Gasteiger partial charge on any atom is 0.265 e. The van der Waals surface area contributed by atoms with Crippen LogP contribution in [0.5, 0.6) is 0 Å². The quantitative estimate of drug-likeness (QED) is 0.500. The molecule has 5 rings (SSSR count). The molecule has 9 heteroatoms. The number of fused-ring (bicyclic) bond motifs is 2. The Labute approximate surface area is 204 Å². The first-order chi connectivity index (χ1) is 16.3. The Bertz CT molecular complexity index is 1540. The third-order valence-corrected chi connectivity index (χ3v) is 8.45. The van der Waals surface area contributed by atoms with Gasteiger partial charge in [-0.2, -0.15) is 5.26 Å². The fourth-order valence-corrected chi connectivity index (χ4v) is 6.69. The van der Waals surface area contributed by atoms with E-state index in [1.54, 1.807) is 66.7 Å². The van der Waals surface area contributed by atoms with Crippen LogP contribution in [0.25, 0.3) is 5.76 Å². The fraction of sp³-hybridized carbons (Fsp3) is 0.0800. The van der Waals surface area contributed by atoms with Gasteiger partial charge in [-0.05, 0) is 29.8 Å². The lowest BCUT2D eigenvalue weighted by molar-refractivity contribution is 0.357. The number of benzene rings is 3. The molecule has 34 heavy (non-hydrogen) atoms. The molecule has 2 heterocycles. The van der Waals surface area contributed by atoms with E-state index in [9.17, 15) is 18.1 Å². The lowest BCUT2D eigenvalue weighted by Crippen LogP contribution is -2.39. The summed E-state index contributed by atoms with van der Waals surface area (Å²) in [7, 11) is -4.27. The minimum atomic E-state index is -4.27. The number of para-hydroxylation sites is 1. The summed E-state index contributed by atoms with van der Waals surface area (Å²) >= 11 is 3.48. The highest BCUT2D eigenvalue weighted by molar-refractivity contribution is 9.10. The van der Waals surface area contributed by atoms with Gasteiger partial charge in [0.25, 0.3) is 10.0 Å². The molecule has 2 aliphatic rings. The molecule has 0 amide bonds. The number of anilines is 1. The molecule has 0 radical (unpaired) electrons. The van der Waals surface area contributed by atoms with Crippen molar-refractivity contribution < 1.29 is 17.5 Å². The van der Waals surface area contributed by atoms with Crippen LogP contribution in [0, 0.1) is 17.1 Å². The van der Waals surface area contributed by atoms with Crippen molar-refractivity contribution in [2.24, 2.45) is 5.73 Å².